The van der Waals surface area contributed by atoms with Crippen molar-refractivity contribution in [3.63, 3.8) is 0 Å². The summed E-state index contributed by atoms with van der Waals surface area (Å²) in [5, 5.41) is 7.85. The first-order valence-corrected chi connectivity index (χ1v) is 5.69. The van der Waals surface area contributed by atoms with E-state index in [1.165, 1.54) is 0 Å². The number of nitrogens with zero attached hydrogens (tertiary/aromatic N) is 2. The van der Waals surface area contributed by atoms with Gasteiger partial charge in [0.15, 0.2) is 0 Å². The fourth-order valence-electron chi connectivity index (χ4n) is 2.46. The lowest BCUT2D eigenvalue weighted by atomic mass is 9.90. The number of benzene rings is 2. The summed E-state index contributed by atoms with van der Waals surface area (Å²) in [6, 6.07) is 12.9. The van der Waals surface area contributed by atoms with Gasteiger partial charge in [-0.2, -0.15) is 5.11 Å². The second kappa shape index (κ2) is 3.26. The number of hydrogen-bond donors (Lipinski definition) is 0. The van der Waals surface area contributed by atoms with Crippen molar-refractivity contribution in [2.75, 3.05) is 0 Å². The molecule has 2 aromatic rings. The molecular formula is C14H8N2O2. The fraction of sp³-hybridized carbons (Fsp3) is 0.0714. The predicted molar refractivity (Wildman–Crippen MR) is 64.0 cm³/mol. The molecule has 4 rings (SSSR count). The molecule has 2 heterocycles. The molecule has 86 valence electrons. The second-order valence-electron chi connectivity index (χ2n) is 4.28. The zero-order valence-corrected chi connectivity index (χ0v) is 9.33. The van der Waals surface area contributed by atoms with Gasteiger partial charge in [-0.05, 0) is 18.2 Å². The highest BCUT2D eigenvalue weighted by Gasteiger charge is 2.33. The molecule has 0 aromatic heterocycles. The van der Waals surface area contributed by atoms with Crippen LogP contribution in [0, 0.1) is 0 Å². The molecule has 18 heavy (non-hydrogen) atoms. The van der Waals surface area contributed by atoms with Crippen molar-refractivity contribution in [3.8, 4) is 11.5 Å². The van der Waals surface area contributed by atoms with E-state index in [0.29, 0.717) is 11.3 Å². The highest BCUT2D eigenvalue weighted by Crippen LogP contribution is 2.47. The number of fused-ring (bicyclic) bond motifs is 2. The number of hydrogen-bond acceptors (Lipinski definition) is 3. The van der Waals surface area contributed by atoms with Gasteiger partial charge in [0.25, 0.3) is 5.91 Å². The number of carbonyl (C=O) groups is 1. The maximum Gasteiger partial charge on any atom is 0.295 e. The number of amides is 1. The van der Waals surface area contributed by atoms with E-state index in [4.69, 9.17) is 4.74 Å². The van der Waals surface area contributed by atoms with Crippen LogP contribution in [0.1, 0.15) is 27.5 Å². The first-order chi connectivity index (χ1) is 8.84. The minimum absolute atomic E-state index is 0.223. The highest BCUT2D eigenvalue weighted by atomic mass is 16.5. The summed E-state index contributed by atoms with van der Waals surface area (Å²) < 4.78 is 5.82. The molecule has 2 aliphatic rings. The molecule has 0 radical (unpaired) electrons. The quantitative estimate of drug-likeness (QED) is 0.703. The molecule has 0 bridgehead atoms. The van der Waals surface area contributed by atoms with E-state index >= 15 is 0 Å². The number of carbonyl (C=O) groups excluding carboxylic acids is 1. The number of rotatable bonds is 0. The zero-order chi connectivity index (χ0) is 12.1. The Morgan fingerprint density at radius 1 is 1.00 bits per heavy atom. The zero-order valence-electron chi connectivity index (χ0n) is 9.33. The van der Waals surface area contributed by atoms with Crippen LogP contribution in [0.5, 0.6) is 11.5 Å². The lowest BCUT2D eigenvalue weighted by molar-refractivity contribution is 0.0984. The average Bonchev–Trinajstić information content (AvgIpc) is 2.42. The molecule has 1 unspecified atom stereocenters. The number of ether oxygens (including phenoxy) is 1. The Hall–Kier alpha value is -2.49. The molecule has 2 aliphatic heterocycles. The van der Waals surface area contributed by atoms with E-state index in [9.17, 15) is 4.79 Å². The summed E-state index contributed by atoms with van der Waals surface area (Å²) in [4.78, 5) is 11.7. The van der Waals surface area contributed by atoms with E-state index in [-0.39, 0.29) is 11.9 Å². The van der Waals surface area contributed by atoms with Crippen molar-refractivity contribution in [2.45, 2.75) is 6.04 Å². The Morgan fingerprint density at radius 2 is 1.83 bits per heavy atom. The normalized spacial score (nSPS) is 18.9. The summed E-state index contributed by atoms with van der Waals surface area (Å²) in [5.74, 6) is 1.18. The maximum atomic E-state index is 11.7. The van der Waals surface area contributed by atoms with Gasteiger partial charge in [-0.3, -0.25) is 4.79 Å². The summed E-state index contributed by atoms with van der Waals surface area (Å²) in [6.45, 7) is 0. The molecule has 4 nitrogen and oxygen atoms in total. The van der Waals surface area contributed by atoms with Gasteiger partial charge >= 0.3 is 0 Å². The third kappa shape index (κ3) is 1.12. The van der Waals surface area contributed by atoms with Gasteiger partial charge in [0.2, 0.25) is 0 Å². The standard InChI is InChI=1S/C14H8N2O2/c17-14-9-5-3-7-11-12(9)13(15-16-14)8-4-1-2-6-10(8)18-11/h1-7,13H. The minimum Gasteiger partial charge on any atom is -0.457 e. The molecule has 1 atom stereocenters. The Kier molecular flexibility index (Phi) is 1.73. The van der Waals surface area contributed by atoms with E-state index in [1.807, 2.05) is 30.3 Å². The van der Waals surface area contributed by atoms with Crippen LogP contribution in [0.2, 0.25) is 0 Å². The summed E-state index contributed by atoms with van der Waals surface area (Å²) >= 11 is 0. The smallest absolute Gasteiger partial charge is 0.295 e. The van der Waals surface area contributed by atoms with Crippen LogP contribution in [0.15, 0.2) is 52.7 Å². The summed E-state index contributed by atoms with van der Waals surface area (Å²) in [6.07, 6.45) is 0. The molecule has 1 amide bonds. The molecule has 2 aromatic carbocycles. The third-order valence-corrected chi connectivity index (χ3v) is 3.27. The van der Waals surface area contributed by atoms with Crippen LogP contribution in [0.3, 0.4) is 0 Å². The lowest BCUT2D eigenvalue weighted by Crippen LogP contribution is -2.16. The fourth-order valence-corrected chi connectivity index (χ4v) is 2.46. The monoisotopic (exact) mass is 236 g/mol. The van der Waals surface area contributed by atoms with Gasteiger partial charge in [0, 0.05) is 11.1 Å². The molecule has 0 saturated carbocycles. The maximum absolute atomic E-state index is 11.7. The van der Waals surface area contributed by atoms with Crippen LogP contribution >= 0.6 is 0 Å². The van der Waals surface area contributed by atoms with Crippen molar-refractivity contribution < 1.29 is 9.53 Å². The SMILES string of the molecule is O=C1N=NC2c3ccccc3Oc3cccc1c32. The molecule has 0 saturated heterocycles. The van der Waals surface area contributed by atoms with Crippen LogP contribution in [0.4, 0.5) is 0 Å². The number of para-hydroxylation sites is 1. The number of azo groups is 1. The van der Waals surface area contributed by atoms with E-state index < -0.39 is 0 Å². The predicted octanol–water partition coefficient (Wildman–Crippen LogP) is 3.49. The second-order valence-corrected chi connectivity index (χ2v) is 4.28. The van der Waals surface area contributed by atoms with E-state index in [1.54, 1.807) is 12.1 Å². The van der Waals surface area contributed by atoms with Gasteiger partial charge in [-0.15, -0.1) is 5.11 Å². The van der Waals surface area contributed by atoms with Crippen LogP contribution in [0.25, 0.3) is 0 Å². The topological polar surface area (TPSA) is 51.0 Å². The van der Waals surface area contributed by atoms with Crippen molar-refractivity contribution in [1.82, 2.24) is 0 Å². The van der Waals surface area contributed by atoms with E-state index in [0.717, 1.165) is 16.9 Å². The van der Waals surface area contributed by atoms with Crippen LogP contribution < -0.4 is 4.74 Å². The third-order valence-electron chi connectivity index (χ3n) is 3.27. The van der Waals surface area contributed by atoms with Gasteiger partial charge < -0.3 is 4.74 Å². The minimum atomic E-state index is -0.300. The van der Waals surface area contributed by atoms with Gasteiger partial charge in [0.05, 0.1) is 5.56 Å². The summed E-state index contributed by atoms with van der Waals surface area (Å²) in [7, 11) is 0. The van der Waals surface area contributed by atoms with Gasteiger partial charge in [-0.25, -0.2) is 0 Å². The molecule has 0 spiro atoms. The molecule has 0 aliphatic carbocycles. The van der Waals surface area contributed by atoms with Crippen LogP contribution in [-0.2, 0) is 0 Å². The Bertz CT molecular complexity index is 707. The Labute approximate surface area is 103 Å². The van der Waals surface area contributed by atoms with Gasteiger partial charge in [0.1, 0.15) is 17.5 Å². The van der Waals surface area contributed by atoms with E-state index in [2.05, 4.69) is 10.2 Å². The average molecular weight is 236 g/mol. The van der Waals surface area contributed by atoms with Crippen molar-refractivity contribution in [2.24, 2.45) is 10.2 Å². The largest absolute Gasteiger partial charge is 0.457 e. The van der Waals surface area contributed by atoms with Crippen molar-refractivity contribution in [3.05, 3.63) is 59.2 Å². The van der Waals surface area contributed by atoms with Crippen LogP contribution in [-0.4, -0.2) is 5.91 Å². The van der Waals surface area contributed by atoms with Gasteiger partial charge in [-0.1, -0.05) is 24.3 Å². The molecule has 4 heteroatoms. The Balaban J connectivity index is 2.05. The summed E-state index contributed by atoms with van der Waals surface area (Å²) in [5.41, 5.74) is 2.37. The first-order valence-electron chi connectivity index (χ1n) is 5.69. The lowest BCUT2D eigenvalue weighted by Gasteiger charge is -2.27. The molecule has 0 fully saturated rings. The molecular weight excluding hydrogens is 228 g/mol. The Morgan fingerprint density at radius 3 is 2.78 bits per heavy atom. The van der Waals surface area contributed by atoms with Crippen molar-refractivity contribution >= 4 is 5.91 Å². The molecule has 0 N–H and O–H groups in total. The van der Waals surface area contributed by atoms with Crippen molar-refractivity contribution in [1.29, 1.82) is 0 Å². The first kappa shape index (κ1) is 9.53. The highest BCUT2D eigenvalue weighted by molar-refractivity contribution is 5.98.